The molecule has 4 rings (SSSR count). The Labute approximate surface area is 208 Å². The lowest BCUT2D eigenvalue weighted by Crippen LogP contribution is -2.43. The van der Waals surface area contributed by atoms with E-state index in [1.165, 1.54) is 31.4 Å². The molecule has 2 aliphatic rings. The van der Waals surface area contributed by atoms with Gasteiger partial charge in [-0.05, 0) is 49.1 Å². The van der Waals surface area contributed by atoms with Gasteiger partial charge in [0.15, 0.2) is 5.78 Å². The maximum absolute atomic E-state index is 13.7. The molecule has 0 unspecified atom stereocenters. The third-order valence-electron chi connectivity index (χ3n) is 6.49. The molecule has 0 aromatic heterocycles. The van der Waals surface area contributed by atoms with Gasteiger partial charge in [-0.15, -0.1) is 0 Å². The van der Waals surface area contributed by atoms with Crippen LogP contribution in [0.15, 0.2) is 77.1 Å². The van der Waals surface area contributed by atoms with Crippen LogP contribution in [0.3, 0.4) is 0 Å². The van der Waals surface area contributed by atoms with Crippen molar-refractivity contribution >= 4 is 17.7 Å². The molecule has 1 aliphatic heterocycles. The molecule has 0 bridgehead atoms. The number of benzene rings is 2. The quantitative estimate of drug-likeness (QED) is 0.353. The summed E-state index contributed by atoms with van der Waals surface area (Å²) in [6.07, 6.45) is 0.420. The molecular weight excluding hydrogens is 465 g/mol. The second kappa shape index (κ2) is 10.8. The van der Waals surface area contributed by atoms with Crippen molar-refractivity contribution in [2.45, 2.75) is 26.2 Å². The zero-order valence-corrected chi connectivity index (χ0v) is 20.4. The number of nitrogens with one attached hydrogen (secondary N) is 1. The first-order chi connectivity index (χ1) is 17.3. The van der Waals surface area contributed by atoms with Crippen LogP contribution >= 0.6 is 0 Å². The van der Waals surface area contributed by atoms with Gasteiger partial charge in [0.25, 0.3) is 0 Å². The van der Waals surface area contributed by atoms with Gasteiger partial charge in [0, 0.05) is 22.9 Å². The molecule has 0 amide bonds. The SMILES string of the molecule is COC(=O)[C@H]1C(=O)C2=C(C[C@@H]1C)NC(C)=C(C(=O)OCCOc1ccccc1)[C@H]2c1ccc(F)cc1. The first-order valence-electron chi connectivity index (χ1n) is 11.7. The summed E-state index contributed by atoms with van der Waals surface area (Å²) in [7, 11) is 1.24. The molecule has 188 valence electrons. The molecule has 36 heavy (non-hydrogen) atoms. The van der Waals surface area contributed by atoms with Crippen LogP contribution in [0.25, 0.3) is 0 Å². The van der Waals surface area contributed by atoms with Gasteiger partial charge in [-0.3, -0.25) is 9.59 Å². The first-order valence-corrected chi connectivity index (χ1v) is 11.7. The highest BCUT2D eigenvalue weighted by atomic mass is 19.1. The molecule has 0 spiro atoms. The van der Waals surface area contributed by atoms with Gasteiger partial charge >= 0.3 is 11.9 Å². The number of rotatable bonds is 7. The zero-order valence-electron chi connectivity index (χ0n) is 20.4. The number of allylic oxidation sites excluding steroid dienone is 3. The number of dihydropyridines is 1. The number of halogens is 1. The number of carbonyl (C=O) groups is 3. The first kappa shape index (κ1) is 25.2. The molecule has 7 nitrogen and oxygen atoms in total. The van der Waals surface area contributed by atoms with Crippen molar-refractivity contribution in [1.29, 1.82) is 0 Å². The van der Waals surface area contributed by atoms with Crippen molar-refractivity contribution in [2.75, 3.05) is 20.3 Å². The maximum Gasteiger partial charge on any atom is 0.336 e. The molecule has 1 heterocycles. The molecule has 1 aliphatic carbocycles. The van der Waals surface area contributed by atoms with Gasteiger partial charge in [-0.25, -0.2) is 9.18 Å². The van der Waals surface area contributed by atoms with E-state index in [0.717, 1.165) is 0 Å². The minimum Gasteiger partial charge on any atom is -0.490 e. The van der Waals surface area contributed by atoms with E-state index < -0.39 is 35.4 Å². The van der Waals surface area contributed by atoms with Crippen LogP contribution in [0.5, 0.6) is 5.75 Å². The van der Waals surface area contributed by atoms with Crippen LogP contribution in [0, 0.1) is 17.7 Å². The fourth-order valence-electron chi connectivity index (χ4n) is 4.83. The summed E-state index contributed by atoms with van der Waals surface area (Å²) in [5, 5.41) is 3.20. The molecule has 8 heteroatoms. The molecule has 2 aromatic rings. The summed E-state index contributed by atoms with van der Waals surface area (Å²) in [4.78, 5) is 39.4. The Hall–Kier alpha value is -3.94. The third-order valence-corrected chi connectivity index (χ3v) is 6.49. The lowest BCUT2D eigenvalue weighted by Gasteiger charge is -2.38. The van der Waals surface area contributed by atoms with Crippen LogP contribution in [-0.2, 0) is 23.9 Å². The minimum absolute atomic E-state index is 0.0116. The number of Topliss-reactive ketones (excluding diaryl/α,β-unsaturated/α-hetero) is 1. The number of ether oxygens (including phenoxy) is 3. The molecule has 3 atom stereocenters. The Balaban J connectivity index is 1.63. The summed E-state index contributed by atoms with van der Waals surface area (Å²) in [6, 6.07) is 14.8. The number of carbonyl (C=O) groups excluding carboxylic acids is 3. The molecule has 0 saturated carbocycles. The van der Waals surface area contributed by atoms with E-state index in [0.29, 0.717) is 34.7 Å². The predicted molar refractivity (Wildman–Crippen MR) is 129 cm³/mol. The van der Waals surface area contributed by atoms with E-state index >= 15 is 0 Å². The number of hydrogen-bond acceptors (Lipinski definition) is 7. The fourth-order valence-corrected chi connectivity index (χ4v) is 4.83. The van der Waals surface area contributed by atoms with E-state index in [1.807, 2.05) is 25.1 Å². The normalized spacial score (nSPS) is 21.4. The molecule has 0 saturated heterocycles. The highest BCUT2D eigenvalue weighted by Crippen LogP contribution is 2.45. The van der Waals surface area contributed by atoms with Crippen molar-refractivity contribution in [2.24, 2.45) is 11.8 Å². The molecular formula is C28H28FNO6. The highest BCUT2D eigenvalue weighted by Gasteiger charge is 2.47. The summed E-state index contributed by atoms with van der Waals surface area (Å²) >= 11 is 0. The fraction of sp³-hybridized carbons (Fsp3) is 0.321. The number of ketones is 1. The van der Waals surface area contributed by atoms with Crippen molar-refractivity contribution in [3.8, 4) is 5.75 Å². The van der Waals surface area contributed by atoms with Crippen LogP contribution in [0.1, 0.15) is 31.7 Å². The van der Waals surface area contributed by atoms with E-state index in [9.17, 15) is 18.8 Å². The Morgan fingerprint density at radius 3 is 2.42 bits per heavy atom. The lowest BCUT2D eigenvalue weighted by atomic mass is 9.69. The van der Waals surface area contributed by atoms with Crippen molar-refractivity contribution in [1.82, 2.24) is 5.32 Å². The van der Waals surface area contributed by atoms with Crippen LogP contribution in [0.2, 0.25) is 0 Å². The highest BCUT2D eigenvalue weighted by molar-refractivity contribution is 6.12. The largest absolute Gasteiger partial charge is 0.490 e. The number of esters is 2. The predicted octanol–water partition coefficient (Wildman–Crippen LogP) is 4.06. The van der Waals surface area contributed by atoms with Crippen molar-refractivity contribution in [3.05, 3.63) is 88.5 Å². The number of methoxy groups -OCH3 is 1. The van der Waals surface area contributed by atoms with Gasteiger partial charge < -0.3 is 19.5 Å². The van der Waals surface area contributed by atoms with Crippen LogP contribution < -0.4 is 10.1 Å². The van der Waals surface area contributed by atoms with Crippen LogP contribution in [-0.4, -0.2) is 38.0 Å². The standard InChI is InChI=1S/C28H28FNO6/c1-16-15-21-25(26(31)22(16)27(32)34-3)24(18-9-11-19(29)12-10-18)23(17(2)30-21)28(33)36-14-13-35-20-7-5-4-6-8-20/h4-12,16,22,24,30H,13-15H2,1-3H3/t16-,22+,24+/m0/s1. The Morgan fingerprint density at radius 1 is 1.06 bits per heavy atom. The zero-order chi connectivity index (χ0) is 25.8. The number of hydrogen-bond donors (Lipinski definition) is 1. The smallest absolute Gasteiger partial charge is 0.336 e. The summed E-state index contributed by atoms with van der Waals surface area (Å²) in [5.74, 6) is -3.56. The van der Waals surface area contributed by atoms with E-state index in [2.05, 4.69) is 5.32 Å². The summed E-state index contributed by atoms with van der Waals surface area (Å²) in [6.45, 7) is 3.68. The van der Waals surface area contributed by atoms with Crippen LogP contribution in [0.4, 0.5) is 4.39 Å². The Bertz CT molecular complexity index is 1220. The molecule has 2 aromatic carbocycles. The third kappa shape index (κ3) is 5.03. The summed E-state index contributed by atoms with van der Waals surface area (Å²) < 4.78 is 29.7. The number of para-hydroxylation sites is 1. The van der Waals surface area contributed by atoms with Gasteiger partial charge in [0.05, 0.1) is 12.7 Å². The Morgan fingerprint density at radius 2 is 1.75 bits per heavy atom. The van der Waals surface area contributed by atoms with Gasteiger partial charge in [-0.2, -0.15) is 0 Å². The molecule has 1 N–H and O–H groups in total. The van der Waals surface area contributed by atoms with E-state index in [4.69, 9.17) is 14.2 Å². The molecule has 0 fully saturated rings. The minimum atomic E-state index is -0.992. The lowest BCUT2D eigenvalue weighted by molar-refractivity contribution is -0.151. The maximum atomic E-state index is 13.7. The average Bonchev–Trinajstić information content (AvgIpc) is 2.86. The monoisotopic (exact) mass is 493 g/mol. The topological polar surface area (TPSA) is 90.9 Å². The second-order valence-electron chi connectivity index (χ2n) is 8.88. The van der Waals surface area contributed by atoms with E-state index in [-0.39, 0.29) is 24.7 Å². The summed E-state index contributed by atoms with van der Waals surface area (Å²) in [5.41, 5.74) is 2.25. The van der Waals surface area contributed by atoms with E-state index in [1.54, 1.807) is 19.1 Å². The van der Waals surface area contributed by atoms with Gasteiger partial charge in [0.1, 0.15) is 30.7 Å². The molecule has 0 radical (unpaired) electrons. The average molecular weight is 494 g/mol. The van der Waals surface area contributed by atoms with Gasteiger partial charge in [0.2, 0.25) is 0 Å². The second-order valence-corrected chi connectivity index (χ2v) is 8.88. The van der Waals surface area contributed by atoms with Crippen molar-refractivity contribution < 1.29 is 33.0 Å². The Kier molecular flexibility index (Phi) is 7.52. The van der Waals surface area contributed by atoms with Crippen molar-refractivity contribution in [3.63, 3.8) is 0 Å². The van der Waals surface area contributed by atoms with Gasteiger partial charge in [-0.1, -0.05) is 37.3 Å².